The zero-order valence-corrected chi connectivity index (χ0v) is 12.3. The number of fused-ring (bicyclic) bond motifs is 1. The van der Waals surface area contributed by atoms with Crippen LogP contribution in [0.5, 0.6) is 0 Å². The van der Waals surface area contributed by atoms with Crippen molar-refractivity contribution in [3.8, 4) is 0 Å². The minimum Gasteiger partial charge on any atom is -0.386 e. The highest BCUT2D eigenvalue weighted by atomic mass is 19.1. The molecule has 0 unspecified atom stereocenters. The Balaban J connectivity index is 2.03. The van der Waals surface area contributed by atoms with E-state index in [-0.39, 0.29) is 17.7 Å². The molecular weight excluding hydrogens is 302 g/mol. The molecule has 0 radical (unpaired) electrons. The zero-order chi connectivity index (χ0) is 16.6. The molecule has 1 N–H and O–H groups in total. The maximum absolute atomic E-state index is 13.7. The average Bonchev–Trinajstić information content (AvgIpc) is 2.54. The zero-order valence-electron chi connectivity index (χ0n) is 12.3. The lowest BCUT2D eigenvalue weighted by atomic mass is 10.1. The largest absolute Gasteiger partial charge is 0.386 e. The van der Waals surface area contributed by atoms with E-state index in [1.54, 1.807) is 31.2 Å². The van der Waals surface area contributed by atoms with Gasteiger partial charge in [0.15, 0.2) is 0 Å². The molecule has 1 atom stereocenters. The third-order valence-corrected chi connectivity index (χ3v) is 3.72. The molecule has 0 spiro atoms. The van der Waals surface area contributed by atoms with Gasteiger partial charge in [0, 0.05) is 10.9 Å². The molecule has 23 heavy (non-hydrogen) atoms. The molecule has 1 heterocycles. The molecule has 3 aromatic rings. The van der Waals surface area contributed by atoms with Gasteiger partial charge in [-0.3, -0.25) is 4.79 Å². The van der Waals surface area contributed by atoms with E-state index in [0.29, 0.717) is 11.1 Å². The third-order valence-electron chi connectivity index (χ3n) is 3.72. The predicted octanol–water partition coefficient (Wildman–Crippen LogP) is 2.72. The van der Waals surface area contributed by atoms with Gasteiger partial charge in [-0.2, -0.15) is 5.10 Å². The van der Waals surface area contributed by atoms with Crippen LogP contribution in [0.15, 0.2) is 47.3 Å². The second-order valence-corrected chi connectivity index (χ2v) is 5.30. The smallest absolute Gasteiger partial charge is 0.274 e. The summed E-state index contributed by atoms with van der Waals surface area (Å²) in [5, 5.41) is 15.5. The highest BCUT2D eigenvalue weighted by molar-refractivity contribution is 5.83. The molecular formula is C17H14F2N2O2. The Morgan fingerprint density at radius 3 is 2.61 bits per heavy atom. The number of aliphatic hydroxyl groups is 1. The van der Waals surface area contributed by atoms with E-state index in [1.165, 1.54) is 0 Å². The monoisotopic (exact) mass is 316 g/mol. The fourth-order valence-electron chi connectivity index (χ4n) is 2.56. The number of halogens is 2. The Labute approximate surface area is 130 Å². The van der Waals surface area contributed by atoms with Crippen molar-refractivity contribution in [1.82, 2.24) is 9.78 Å². The molecule has 1 aromatic heterocycles. The van der Waals surface area contributed by atoms with Gasteiger partial charge in [-0.05, 0) is 31.2 Å². The van der Waals surface area contributed by atoms with Gasteiger partial charge in [-0.1, -0.05) is 18.2 Å². The topological polar surface area (TPSA) is 55.1 Å². The van der Waals surface area contributed by atoms with E-state index in [0.717, 1.165) is 28.3 Å². The van der Waals surface area contributed by atoms with Crippen molar-refractivity contribution in [2.24, 2.45) is 0 Å². The second-order valence-electron chi connectivity index (χ2n) is 5.30. The Bertz CT molecular complexity index is 938. The normalized spacial score (nSPS) is 12.5. The van der Waals surface area contributed by atoms with E-state index in [4.69, 9.17) is 0 Å². The summed E-state index contributed by atoms with van der Waals surface area (Å²) in [5.74, 6) is -1.39. The second kappa shape index (κ2) is 5.89. The van der Waals surface area contributed by atoms with E-state index in [1.807, 2.05) is 0 Å². The van der Waals surface area contributed by atoms with Gasteiger partial charge in [0.1, 0.15) is 17.7 Å². The van der Waals surface area contributed by atoms with E-state index in [2.05, 4.69) is 5.10 Å². The third kappa shape index (κ3) is 2.85. The molecule has 2 aromatic carbocycles. The van der Waals surface area contributed by atoms with Crippen molar-refractivity contribution in [2.45, 2.75) is 19.6 Å². The minimum absolute atomic E-state index is 0.204. The van der Waals surface area contributed by atoms with E-state index < -0.39 is 17.7 Å². The van der Waals surface area contributed by atoms with Gasteiger partial charge in [0.2, 0.25) is 0 Å². The highest BCUT2D eigenvalue weighted by Crippen LogP contribution is 2.20. The van der Waals surface area contributed by atoms with Crippen LogP contribution in [0.3, 0.4) is 0 Å². The number of nitrogens with zero attached hydrogens (tertiary/aromatic N) is 2. The van der Waals surface area contributed by atoms with Crippen LogP contribution in [0.2, 0.25) is 0 Å². The van der Waals surface area contributed by atoms with Crippen molar-refractivity contribution in [1.29, 1.82) is 0 Å². The molecule has 4 nitrogen and oxygen atoms in total. The summed E-state index contributed by atoms with van der Waals surface area (Å²) in [6, 6.07) is 9.81. The fourth-order valence-corrected chi connectivity index (χ4v) is 2.56. The molecule has 0 saturated carbocycles. The predicted molar refractivity (Wildman–Crippen MR) is 82.1 cm³/mol. The molecule has 0 amide bonds. The number of benzene rings is 2. The molecule has 0 bridgehead atoms. The molecule has 6 heteroatoms. The summed E-state index contributed by atoms with van der Waals surface area (Å²) in [5.41, 5.74) is 0.0266. The number of aromatic nitrogens is 2. The van der Waals surface area contributed by atoms with Crippen molar-refractivity contribution in [2.75, 3.05) is 0 Å². The minimum atomic E-state index is -1.38. The number of aryl methyl sites for hydroxylation is 1. The Morgan fingerprint density at radius 2 is 1.87 bits per heavy atom. The SMILES string of the molecule is Cc1nn(C[C@@H](O)c2cc(F)ccc2F)c(=O)c2ccccc12. The summed E-state index contributed by atoms with van der Waals surface area (Å²) in [4.78, 5) is 12.4. The molecule has 3 rings (SSSR count). The molecule has 0 saturated heterocycles. The first-order chi connectivity index (χ1) is 11.0. The van der Waals surface area contributed by atoms with Crippen molar-refractivity contribution in [3.05, 3.63) is 75.7 Å². The van der Waals surface area contributed by atoms with Gasteiger partial charge < -0.3 is 5.11 Å². The Hall–Kier alpha value is -2.60. The Kier molecular flexibility index (Phi) is 3.92. The van der Waals surface area contributed by atoms with Gasteiger partial charge >= 0.3 is 0 Å². The number of hydrogen-bond donors (Lipinski definition) is 1. The standard InChI is InChI=1S/C17H14F2N2O2/c1-10-12-4-2-3-5-13(12)17(23)21(20-10)9-16(22)14-8-11(18)6-7-15(14)19/h2-8,16,22H,9H2,1H3/t16-/m1/s1. The first-order valence-electron chi connectivity index (χ1n) is 7.07. The van der Waals surface area contributed by atoms with Gasteiger partial charge in [-0.15, -0.1) is 0 Å². The average molecular weight is 316 g/mol. The van der Waals surface area contributed by atoms with Crippen LogP contribution >= 0.6 is 0 Å². The Morgan fingerprint density at radius 1 is 1.17 bits per heavy atom. The van der Waals surface area contributed by atoms with Crippen molar-refractivity contribution in [3.63, 3.8) is 0 Å². The summed E-state index contributed by atoms with van der Waals surface area (Å²) in [7, 11) is 0. The van der Waals surface area contributed by atoms with E-state index >= 15 is 0 Å². The first kappa shape index (κ1) is 15.3. The number of hydrogen-bond acceptors (Lipinski definition) is 3. The maximum Gasteiger partial charge on any atom is 0.274 e. The van der Waals surface area contributed by atoms with Crippen LogP contribution in [0.25, 0.3) is 10.8 Å². The lowest BCUT2D eigenvalue weighted by molar-refractivity contribution is 0.144. The molecule has 0 aliphatic carbocycles. The quantitative estimate of drug-likeness (QED) is 0.808. The molecule has 0 aliphatic rings. The fraction of sp³-hybridized carbons (Fsp3) is 0.176. The summed E-state index contributed by atoms with van der Waals surface area (Å²) in [6.45, 7) is 1.48. The van der Waals surface area contributed by atoms with Gasteiger partial charge in [-0.25, -0.2) is 13.5 Å². The van der Waals surface area contributed by atoms with Gasteiger partial charge in [0.25, 0.3) is 5.56 Å². The number of rotatable bonds is 3. The van der Waals surface area contributed by atoms with Gasteiger partial charge in [0.05, 0.1) is 17.6 Å². The molecule has 118 valence electrons. The van der Waals surface area contributed by atoms with Crippen LogP contribution < -0.4 is 5.56 Å². The van der Waals surface area contributed by atoms with Crippen LogP contribution in [-0.2, 0) is 6.54 Å². The van der Waals surface area contributed by atoms with Crippen LogP contribution in [0.4, 0.5) is 8.78 Å². The van der Waals surface area contributed by atoms with Crippen LogP contribution in [-0.4, -0.2) is 14.9 Å². The van der Waals surface area contributed by atoms with E-state index in [9.17, 15) is 18.7 Å². The van der Waals surface area contributed by atoms with Crippen molar-refractivity contribution >= 4 is 10.8 Å². The maximum atomic E-state index is 13.7. The molecule has 0 aliphatic heterocycles. The number of aliphatic hydroxyl groups excluding tert-OH is 1. The molecule has 0 fully saturated rings. The summed E-state index contributed by atoms with van der Waals surface area (Å²) < 4.78 is 28.0. The first-order valence-corrected chi connectivity index (χ1v) is 7.07. The van der Waals surface area contributed by atoms with Crippen LogP contribution in [0, 0.1) is 18.6 Å². The summed E-state index contributed by atoms with van der Waals surface area (Å²) >= 11 is 0. The van der Waals surface area contributed by atoms with Crippen molar-refractivity contribution < 1.29 is 13.9 Å². The summed E-state index contributed by atoms with van der Waals surface area (Å²) in [6.07, 6.45) is -1.38. The lowest BCUT2D eigenvalue weighted by Crippen LogP contribution is -2.27. The lowest BCUT2D eigenvalue weighted by Gasteiger charge is -2.14. The highest BCUT2D eigenvalue weighted by Gasteiger charge is 2.17. The van der Waals surface area contributed by atoms with Crippen LogP contribution in [0.1, 0.15) is 17.4 Å².